The van der Waals surface area contributed by atoms with E-state index in [-0.39, 0.29) is 0 Å². The second-order valence-electron chi connectivity index (χ2n) is 13.4. The van der Waals surface area contributed by atoms with Crippen LogP contribution in [0.2, 0.25) is 0 Å². The van der Waals surface area contributed by atoms with Crippen molar-refractivity contribution in [1.82, 2.24) is 14.5 Å². The number of fused-ring (bicyclic) bond motifs is 3. The first-order valence-electron chi connectivity index (χ1n) is 17.4. The van der Waals surface area contributed by atoms with Gasteiger partial charge < -0.3 is 0 Å². The van der Waals surface area contributed by atoms with Crippen LogP contribution in [-0.2, 0) is 0 Å². The zero-order valence-electron chi connectivity index (χ0n) is 27.6. The largest absolute Gasteiger partial charge is 0.292 e. The number of nitrogens with zero attached hydrogens (tertiary/aromatic N) is 3. The monoisotopic (exact) mass is 647 g/mol. The molecule has 3 heteroatoms. The van der Waals surface area contributed by atoms with Crippen molar-refractivity contribution in [2.24, 2.45) is 0 Å². The highest BCUT2D eigenvalue weighted by atomic mass is 15.1. The number of hydrogen-bond acceptors (Lipinski definition) is 2. The average molecular weight is 648 g/mol. The number of benzene rings is 8. The lowest BCUT2D eigenvalue weighted by Gasteiger charge is -2.16. The Morgan fingerprint density at radius 1 is 0.333 bits per heavy atom. The lowest BCUT2D eigenvalue weighted by Crippen LogP contribution is -2.04. The van der Waals surface area contributed by atoms with Crippen molar-refractivity contribution in [1.29, 1.82) is 0 Å². The molecule has 1 aliphatic rings. The number of hydrogen-bond donors (Lipinski definition) is 0. The third-order valence-electron chi connectivity index (χ3n) is 10.5. The van der Waals surface area contributed by atoms with Crippen molar-refractivity contribution in [3.8, 4) is 61.6 Å². The van der Waals surface area contributed by atoms with Crippen LogP contribution in [0.25, 0.3) is 105 Å². The van der Waals surface area contributed by atoms with Gasteiger partial charge in [-0.3, -0.25) is 4.57 Å². The first kappa shape index (κ1) is 28.0. The van der Waals surface area contributed by atoms with Gasteiger partial charge in [0.15, 0.2) is 5.82 Å². The van der Waals surface area contributed by atoms with Gasteiger partial charge in [0.05, 0.1) is 22.1 Å². The van der Waals surface area contributed by atoms with E-state index in [9.17, 15) is 0 Å². The minimum absolute atomic E-state index is 0.828. The van der Waals surface area contributed by atoms with Crippen LogP contribution in [0, 0.1) is 0 Å². The van der Waals surface area contributed by atoms with Gasteiger partial charge in [0.2, 0.25) is 0 Å². The zero-order valence-corrected chi connectivity index (χ0v) is 27.6. The van der Waals surface area contributed by atoms with Gasteiger partial charge >= 0.3 is 0 Å². The van der Waals surface area contributed by atoms with E-state index < -0.39 is 0 Å². The third-order valence-corrected chi connectivity index (χ3v) is 10.5. The van der Waals surface area contributed by atoms with Crippen LogP contribution >= 0.6 is 0 Å². The minimum atomic E-state index is 0.828. The molecule has 0 N–H and O–H groups in total. The summed E-state index contributed by atoms with van der Waals surface area (Å²) in [5, 5.41) is 5.07. The van der Waals surface area contributed by atoms with E-state index in [0.717, 1.165) is 44.7 Å². The van der Waals surface area contributed by atoms with Crippen molar-refractivity contribution < 1.29 is 0 Å². The number of para-hydroxylation sites is 2. The molecule has 3 nitrogen and oxygen atoms in total. The van der Waals surface area contributed by atoms with E-state index in [1.807, 2.05) is 12.1 Å². The summed E-state index contributed by atoms with van der Waals surface area (Å²) in [4.78, 5) is 10.7. The van der Waals surface area contributed by atoms with Crippen LogP contribution in [0.3, 0.4) is 0 Å². The molecule has 0 aliphatic heterocycles. The molecule has 0 bridgehead atoms. The summed E-state index contributed by atoms with van der Waals surface area (Å²) in [5.74, 6) is 0.828. The standard InChI is InChI=1S/C48H29N3/c1-2-11-30(12-3-1)34-15-6-16-35(29-34)31-25-27-33(28-26-31)47-48(50-41-22-5-4-21-40(41)49-47)51-42-23-9-19-38-36-17-7-13-32-14-8-18-37(44(32)36)39-20-10-24-43(51)46(39)45(38)42/h1-29H. The summed E-state index contributed by atoms with van der Waals surface area (Å²) < 4.78 is 2.34. The van der Waals surface area contributed by atoms with Crippen LogP contribution in [0.15, 0.2) is 176 Å². The molecular weight excluding hydrogens is 619 g/mol. The van der Waals surface area contributed by atoms with E-state index in [1.165, 1.54) is 60.5 Å². The highest BCUT2D eigenvalue weighted by molar-refractivity contribution is 6.27. The van der Waals surface area contributed by atoms with E-state index in [4.69, 9.17) is 9.97 Å². The smallest absolute Gasteiger partial charge is 0.165 e. The molecule has 2 heterocycles. The molecule has 0 fully saturated rings. The fraction of sp³-hybridized carbons (Fsp3) is 0. The molecule has 0 amide bonds. The SMILES string of the molecule is c1ccc(-c2cccc(-c3ccc(-c4nc5ccccc5nc4-n4c5cccc6c5c5c(cccc54)-c4cccc5cccc-6c45)cc3)c2)cc1. The van der Waals surface area contributed by atoms with Gasteiger partial charge in [-0.1, -0.05) is 146 Å². The summed E-state index contributed by atoms with van der Waals surface area (Å²) in [7, 11) is 0. The van der Waals surface area contributed by atoms with Gasteiger partial charge in [0, 0.05) is 16.3 Å². The Labute approximate surface area is 294 Å². The quantitative estimate of drug-likeness (QED) is 0.190. The highest BCUT2D eigenvalue weighted by Crippen LogP contribution is 2.49. The average Bonchev–Trinajstić information content (AvgIpc) is 3.49. The van der Waals surface area contributed by atoms with Crippen molar-refractivity contribution in [3.05, 3.63) is 176 Å². The Balaban J connectivity index is 1.15. The summed E-state index contributed by atoms with van der Waals surface area (Å²) in [6.45, 7) is 0. The molecule has 0 saturated heterocycles. The molecule has 0 saturated carbocycles. The predicted molar refractivity (Wildman–Crippen MR) is 212 cm³/mol. The Kier molecular flexibility index (Phi) is 5.96. The lowest BCUT2D eigenvalue weighted by molar-refractivity contribution is 1.08. The highest BCUT2D eigenvalue weighted by Gasteiger charge is 2.26. The second-order valence-corrected chi connectivity index (χ2v) is 13.4. The predicted octanol–water partition coefficient (Wildman–Crippen LogP) is 12.5. The van der Waals surface area contributed by atoms with Crippen LogP contribution in [-0.4, -0.2) is 14.5 Å². The lowest BCUT2D eigenvalue weighted by atomic mass is 9.93. The zero-order chi connectivity index (χ0) is 33.5. The molecule has 51 heavy (non-hydrogen) atoms. The van der Waals surface area contributed by atoms with Crippen molar-refractivity contribution in [2.45, 2.75) is 0 Å². The second kappa shape index (κ2) is 10.8. The Morgan fingerprint density at radius 2 is 0.804 bits per heavy atom. The van der Waals surface area contributed by atoms with Gasteiger partial charge in [0.25, 0.3) is 0 Å². The third kappa shape index (κ3) is 4.19. The summed E-state index contributed by atoms with van der Waals surface area (Å²) in [5.41, 5.74) is 15.7. The van der Waals surface area contributed by atoms with Crippen LogP contribution in [0.1, 0.15) is 0 Å². The van der Waals surface area contributed by atoms with Gasteiger partial charge in [-0.05, 0) is 85.6 Å². The van der Waals surface area contributed by atoms with E-state index in [1.54, 1.807) is 0 Å². The van der Waals surface area contributed by atoms with Crippen molar-refractivity contribution in [2.75, 3.05) is 0 Å². The molecule has 0 unspecified atom stereocenters. The molecule has 11 rings (SSSR count). The Bertz CT molecular complexity index is 2910. The Morgan fingerprint density at radius 3 is 1.43 bits per heavy atom. The molecule has 0 atom stereocenters. The van der Waals surface area contributed by atoms with Gasteiger partial charge in [0.1, 0.15) is 5.69 Å². The normalized spacial score (nSPS) is 11.9. The maximum absolute atomic E-state index is 5.41. The van der Waals surface area contributed by atoms with Crippen LogP contribution < -0.4 is 0 Å². The molecule has 10 aromatic rings. The molecular formula is C48H29N3. The van der Waals surface area contributed by atoms with Crippen LogP contribution in [0.5, 0.6) is 0 Å². The molecule has 2 aromatic heterocycles. The number of rotatable bonds is 4. The van der Waals surface area contributed by atoms with E-state index >= 15 is 0 Å². The molecule has 8 aromatic carbocycles. The maximum Gasteiger partial charge on any atom is 0.165 e. The van der Waals surface area contributed by atoms with E-state index in [0.29, 0.717) is 0 Å². The molecule has 0 radical (unpaired) electrons. The van der Waals surface area contributed by atoms with Crippen molar-refractivity contribution in [3.63, 3.8) is 0 Å². The van der Waals surface area contributed by atoms with Gasteiger partial charge in [-0.25, -0.2) is 9.97 Å². The summed E-state index contributed by atoms with van der Waals surface area (Å²) >= 11 is 0. The topological polar surface area (TPSA) is 30.7 Å². The van der Waals surface area contributed by atoms with Gasteiger partial charge in [-0.15, -0.1) is 0 Å². The molecule has 236 valence electrons. The maximum atomic E-state index is 5.41. The Hall–Kier alpha value is -6.84. The molecule has 1 aliphatic carbocycles. The first-order valence-corrected chi connectivity index (χ1v) is 17.4. The summed E-state index contributed by atoms with van der Waals surface area (Å²) in [6.07, 6.45) is 0. The summed E-state index contributed by atoms with van der Waals surface area (Å²) in [6, 6.07) is 63.0. The van der Waals surface area contributed by atoms with Crippen molar-refractivity contribution >= 4 is 43.6 Å². The van der Waals surface area contributed by atoms with Gasteiger partial charge in [-0.2, -0.15) is 0 Å². The first-order chi connectivity index (χ1) is 25.3. The van der Waals surface area contributed by atoms with E-state index in [2.05, 4.69) is 168 Å². The number of aromatic nitrogens is 3. The van der Waals surface area contributed by atoms with Crippen LogP contribution in [0.4, 0.5) is 0 Å². The minimum Gasteiger partial charge on any atom is -0.292 e. The molecule has 0 spiro atoms. The fourth-order valence-corrected chi connectivity index (χ4v) is 8.24. The fourth-order valence-electron chi connectivity index (χ4n) is 8.24.